The zero-order chi connectivity index (χ0) is 21.8. The molecule has 6 nitrogen and oxygen atoms in total. The summed E-state index contributed by atoms with van der Waals surface area (Å²) in [6.45, 7) is 5.90. The van der Waals surface area contributed by atoms with Crippen molar-refractivity contribution in [3.63, 3.8) is 0 Å². The minimum absolute atomic E-state index is 0.165. The number of imidazole rings is 1. The SMILES string of the molecule is Cc1ccc(OCCCn2c(CN(C)C(=O)c3ccco3)nc3ccccc32)c(C)c1. The molecule has 2 aromatic carbocycles. The van der Waals surface area contributed by atoms with E-state index in [1.54, 1.807) is 24.1 Å². The number of carbonyl (C=O) groups is 1. The molecule has 0 atom stereocenters. The van der Waals surface area contributed by atoms with Gasteiger partial charge >= 0.3 is 0 Å². The van der Waals surface area contributed by atoms with Gasteiger partial charge in [0, 0.05) is 13.6 Å². The molecule has 1 amide bonds. The molecule has 0 bridgehead atoms. The van der Waals surface area contributed by atoms with Gasteiger partial charge in [-0.25, -0.2) is 4.98 Å². The van der Waals surface area contributed by atoms with E-state index in [2.05, 4.69) is 36.6 Å². The summed E-state index contributed by atoms with van der Waals surface area (Å²) in [5, 5.41) is 0. The maximum atomic E-state index is 12.6. The first-order valence-corrected chi connectivity index (χ1v) is 10.5. The number of para-hydroxylation sites is 2. The highest BCUT2D eigenvalue weighted by molar-refractivity contribution is 5.91. The van der Waals surface area contributed by atoms with Crippen LogP contribution < -0.4 is 4.74 Å². The third-order valence-electron chi connectivity index (χ3n) is 5.30. The second kappa shape index (κ2) is 9.08. The molecule has 160 valence electrons. The summed E-state index contributed by atoms with van der Waals surface area (Å²) < 4.78 is 13.4. The van der Waals surface area contributed by atoms with Crippen LogP contribution >= 0.6 is 0 Å². The van der Waals surface area contributed by atoms with E-state index in [1.807, 2.05) is 24.3 Å². The number of aryl methyl sites for hydroxylation is 3. The van der Waals surface area contributed by atoms with E-state index in [0.717, 1.165) is 41.1 Å². The van der Waals surface area contributed by atoms with Crippen molar-refractivity contribution >= 4 is 16.9 Å². The third kappa shape index (κ3) is 4.63. The van der Waals surface area contributed by atoms with Crippen LogP contribution in [0.25, 0.3) is 11.0 Å². The molecule has 0 N–H and O–H groups in total. The van der Waals surface area contributed by atoms with Crippen molar-refractivity contribution in [3.05, 3.63) is 83.6 Å². The van der Waals surface area contributed by atoms with Crippen molar-refractivity contribution in [3.8, 4) is 5.75 Å². The Balaban J connectivity index is 1.46. The van der Waals surface area contributed by atoms with E-state index in [9.17, 15) is 4.79 Å². The minimum atomic E-state index is -0.165. The van der Waals surface area contributed by atoms with Crippen LogP contribution in [0.15, 0.2) is 65.3 Å². The fourth-order valence-electron chi connectivity index (χ4n) is 3.73. The molecule has 4 rings (SSSR count). The molecule has 2 heterocycles. The highest BCUT2D eigenvalue weighted by atomic mass is 16.5. The molecule has 0 saturated carbocycles. The quantitative estimate of drug-likeness (QED) is 0.379. The van der Waals surface area contributed by atoms with E-state index in [1.165, 1.54) is 11.8 Å². The largest absolute Gasteiger partial charge is 0.493 e. The molecule has 31 heavy (non-hydrogen) atoms. The van der Waals surface area contributed by atoms with Gasteiger partial charge in [-0.3, -0.25) is 4.79 Å². The normalized spacial score (nSPS) is 11.1. The van der Waals surface area contributed by atoms with Crippen LogP contribution in [0.4, 0.5) is 0 Å². The molecule has 4 aromatic rings. The molecule has 2 aromatic heterocycles. The lowest BCUT2D eigenvalue weighted by Gasteiger charge is -2.17. The molecule has 0 aliphatic carbocycles. The summed E-state index contributed by atoms with van der Waals surface area (Å²) in [5.74, 6) is 1.93. The summed E-state index contributed by atoms with van der Waals surface area (Å²) in [7, 11) is 1.76. The fourth-order valence-corrected chi connectivity index (χ4v) is 3.73. The van der Waals surface area contributed by atoms with Crippen LogP contribution in [0.3, 0.4) is 0 Å². The van der Waals surface area contributed by atoms with Crippen LogP contribution in [0.1, 0.15) is 33.9 Å². The Hall–Kier alpha value is -3.54. The van der Waals surface area contributed by atoms with Gasteiger partial charge < -0.3 is 18.6 Å². The lowest BCUT2D eigenvalue weighted by Crippen LogP contribution is -2.27. The van der Waals surface area contributed by atoms with Crippen LogP contribution in [0, 0.1) is 13.8 Å². The van der Waals surface area contributed by atoms with Gasteiger partial charge in [0.2, 0.25) is 0 Å². The molecule has 0 saturated heterocycles. The average Bonchev–Trinajstić information content (AvgIpc) is 3.40. The Kier molecular flexibility index (Phi) is 6.07. The third-order valence-corrected chi connectivity index (χ3v) is 5.30. The fraction of sp³-hybridized carbons (Fsp3) is 0.280. The predicted octanol–water partition coefficient (Wildman–Crippen LogP) is 4.99. The van der Waals surface area contributed by atoms with Crippen molar-refractivity contribution in [2.75, 3.05) is 13.7 Å². The zero-order valence-corrected chi connectivity index (χ0v) is 18.2. The summed E-state index contributed by atoms with van der Waals surface area (Å²) in [6.07, 6.45) is 2.34. The van der Waals surface area contributed by atoms with Gasteiger partial charge in [-0.1, -0.05) is 29.8 Å². The van der Waals surface area contributed by atoms with E-state index < -0.39 is 0 Å². The number of fused-ring (bicyclic) bond motifs is 1. The number of aromatic nitrogens is 2. The van der Waals surface area contributed by atoms with Crippen molar-refractivity contribution in [1.82, 2.24) is 14.5 Å². The maximum absolute atomic E-state index is 12.6. The zero-order valence-electron chi connectivity index (χ0n) is 18.2. The Morgan fingerprint density at radius 1 is 1.13 bits per heavy atom. The molecule has 6 heteroatoms. The van der Waals surface area contributed by atoms with Crippen molar-refractivity contribution < 1.29 is 13.9 Å². The first-order valence-electron chi connectivity index (χ1n) is 10.5. The van der Waals surface area contributed by atoms with E-state index in [4.69, 9.17) is 14.1 Å². The Morgan fingerprint density at radius 2 is 1.97 bits per heavy atom. The van der Waals surface area contributed by atoms with Crippen molar-refractivity contribution in [2.24, 2.45) is 0 Å². The number of benzene rings is 2. The van der Waals surface area contributed by atoms with Gasteiger partial charge in [-0.05, 0) is 56.2 Å². The van der Waals surface area contributed by atoms with Gasteiger partial charge in [0.25, 0.3) is 5.91 Å². The number of hydrogen-bond acceptors (Lipinski definition) is 4. The lowest BCUT2D eigenvalue weighted by atomic mass is 10.1. The van der Waals surface area contributed by atoms with E-state index in [0.29, 0.717) is 18.9 Å². The maximum Gasteiger partial charge on any atom is 0.289 e. The van der Waals surface area contributed by atoms with E-state index in [-0.39, 0.29) is 5.91 Å². The van der Waals surface area contributed by atoms with Crippen LogP contribution in [0.5, 0.6) is 5.75 Å². The highest BCUT2D eigenvalue weighted by Gasteiger charge is 2.18. The monoisotopic (exact) mass is 417 g/mol. The van der Waals surface area contributed by atoms with Crippen LogP contribution in [-0.2, 0) is 13.1 Å². The number of ether oxygens (including phenoxy) is 1. The molecule has 0 radical (unpaired) electrons. The smallest absolute Gasteiger partial charge is 0.289 e. The number of carbonyl (C=O) groups excluding carboxylic acids is 1. The molecule has 0 aliphatic rings. The summed E-state index contributed by atoms with van der Waals surface area (Å²) in [6, 6.07) is 17.6. The first kappa shape index (κ1) is 20.7. The Labute approximate surface area is 182 Å². The highest BCUT2D eigenvalue weighted by Crippen LogP contribution is 2.21. The van der Waals surface area contributed by atoms with Gasteiger partial charge in [-0.2, -0.15) is 0 Å². The van der Waals surface area contributed by atoms with Crippen molar-refractivity contribution in [2.45, 2.75) is 33.4 Å². The Morgan fingerprint density at radius 3 is 2.74 bits per heavy atom. The molecule has 0 unspecified atom stereocenters. The predicted molar refractivity (Wildman–Crippen MR) is 120 cm³/mol. The summed E-state index contributed by atoms with van der Waals surface area (Å²) in [5.41, 5.74) is 4.36. The van der Waals surface area contributed by atoms with Crippen LogP contribution in [-0.4, -0.2) is 34.0 Å². The van der Waals surface area contributed by atoms with Gasteiger partial charge in [0.15, 0.2) is 5.76 Å². The topological polar surface area (TPSA) is 60.5 Å². The lowest BCUT2D eigenvalue weighted by molar-refractivity contribution is 0.0748. The van der Waals surface area contributed by atoms with Crippen LogP contribution in [0.2, 0.25) is 0 Å². The first-order chi connectivity index (χ1) is 15.0. The number of rotatable bonds is 8. The standard InChI is InChI=1S/C25H27N3O3/c1-18-11-12-22(19(2)16-18)30-15-7-13-28-21-9-5-4-8-20(21)26-24(28)17-27(3)25(29)23-10-6-14-31-23/h4-6,8-12,14,16H,7,13,15,17H2,1-3H3. The molecule has 0 aliphatic heterocycles. The molecule has 0 spiro atoms. The van der Waals surface area contributed by atoms with Gasteiger partial charge in [-0.15, -0.1) is 0 Å². The van der Waals surface area contributed by atoms with E-state index >= 15 is 0 Å². The van der Waals surface area contributed by atoms with Crippen molar-refractivity contribution in [1.29, 1.82) is 0 Å². The molecular formula is C25H27N3O3. The number of amides is 1. The number of hydrogen-bond donors (Lipinski definition) is 0. The summed E-state index contributed by atoms with van der Waals surface area (Å²) in [4.78, 5) is 19.0. The molecular weight excluding hydrogens is 390 g/mol. The number of nitrogens with zero attached hydrogens (tertiary/aromatic N) is 3. The second-order valence-electron chi connectivity index (χ2n) is 7.78. The van der Waals surface area contributed by atoms with Gasteiger partial charge in [0.1, 0.15) is 11.6 Å². The Bertz CT molecular complexity index is 1180. The second-order valence-corrected chi connectivity index (χ2v) is 7.78. The average molecular weight is 418 g/mol. The molecule has 0 fully saturated rings. The summed E-state index contributed by atoms with van der Waals surface area (Å²) >= 11 is 0. The number of furan rings is 1. The minimum Gasteiger partial charge on any atom is -0.493 e. The van der Waals surface area contributed by atoms with Gasteiger partial charge in [0.05, 0.1) is 30.4 Å².